The van der Waals surface area contributed by atoms with Gasteiger partial charge in [-0.25, -0.2) is 0 Å². The summed E-state index contributed by atoms with van der Waals surface area (Å²) in [7, 11) is 0. The second kappa shape index (κ2) is 8.86. The Morgan fingerprint density at radius 3 is 2.64 bits per heavy atom. The van der Waals surface area contributed by atoms with Gasteiger partial charge in [0.15, 0.2) is 0 Å². The third kappa shape index (κ3) is 4.53. The van der Waals surface area contributed by atoms with Gasteiger partial charge in [-0.2, -0.15) is 0 Å². The van der Waals surface area contributed by atoms with Crippen molar-refractivity contribution in [1.29, 1.82) is 0 Å². The standard InChI is InChI=1S/C23H26Cl2N2O/c24-19-9-8-18(21(25)14-19)15-27-12-10-17(11-13-27)23(28)26-22-7-3-5-16-4-1-2-6-20(16)22/h1-2,4,6,8-9,14,17,22H,3,5,7,10-13,15H2,(H,26,28)/t22-/m1/s1. The molecule has 0 radical (unpaired) electrons. The van der Waals surface area contributed by atoms with E-state index < -0.39 is 0 Å². The third-order valence-corrected chi connectivity index (χ3v) is 6.64. The number of nitrogens with zero attached hydrogens (tertiary/aromatic N) is 1. The maximum atomic E-state index is 12.9. The van der Waals surface area contributed by atoms with Crippen LogP contribution in [0.1, 0.15) is 48.4 Å². The van der Waals surface area contributed by atoms with Gasteiger partial charge in [-0.05, 0) is 74.0 Å². The number of nitrogens with one attached hydrogen (secondary N) is 1. The third-order valence-electron chi connectivity index (χ3n) is 6.05. The molecule has 1 aliphatic heterocycles. The lowest BCUT2D eigenvalue weighted by molar-refractivity contribution is -0.127. The summed E-state index contributed by atoms with van der Waals surface area (Å²) in [6.07, 6.45) is 5.09. The van der Waals surface area contributed by atoms with Crippen molar-refractivity contribution >= 4 is 29.1 Å². The fourth-order valence-corrected chi connectivity index (χ4v) is 4.91. The number of amides is 1. The number of halogens is 2. The Hall–Kier alpha value is -1.55. The first-order valence-corrected chi connectivity index (χ1v) is 10.9. The number of aryl methyl sites for hydroxylation is 1. The molecule has 0 saturated carbocycles. The van der Waals surface area contributed by atoms with Gasteiger partial charge in [-0.15, -0.1) is 0 Å². The number of likely N-dealkylation sites (tertiary alicyclic amines) is 1. The molecule has 2 aromatic rings. The SMILES string of the molecule is O=C(N[C@@H]1CCCc2ccccc21)C1CCN(Cc2ccc(Cl)cc2Cl)CC1. The molecule has 0 bridgehead atoms. The van der Waals surface area contributed by atoms with Gasteiger partial charge in [0.25, 0.3) is 0 Å². The van der Waals surface area contributed by atoms with Gasteiger partial charge in [-0.1, -0.05) is 53.5 Å². The van der Waals surface area contributed by atoms with E-state index in [2.05, 4.69) is 34.5 Å². The summed E-state index contributed by atoms with van der Waals surface area (Å²) in [4.78, 5) is 15.2. The Morgan fingerprint density at radius 1 is 1.07 bits per heavy atom. The number of hydrogen-bond acceptors (Lipinski definition) is 2. The van der Waals surface area contributed by atoms with Crippen LogP contribution < -0.4 is 5.32 Å². The Bertz CT molecular complexity index is 846. The van der Waals surface area contributed by atoms with Crippen LogP contribution in [0.4, 0.5) is 0 Å². The smallest absolute Gasteiger partial charge is 0.223 e. The monoisotopic (exact) mass is 416 g/mol. The highest BCUT2D eigenvalue weighted by Crippen LogP contribution is 2.31. The maximum absolute atomic E-state index is 12.9. The second-order valence-electron chi connectivity index (χ2n) is 7.94. The van der Waals surface area contributed by atoms with E-state index in [4.69, 9.17) is 23.2 Å². The molecule has 1 N–H and O–H groups in total. The van der Waals surface area contributed by atoms with E-state index in [1.165, 1.54) is 11.1 Å². The molecule has 1 fully saturated rings. The van der Waals surface area contributed by atoms with Crippen LogP contribution in [-0.4, -0.2) is 23.9 Å². The minimum Gasteiger partial charge on any atom is -0.349 e. The van der Waals surface area contributed by atoms with Crippen molar-refractivity contribution in [3.05, 3.63) is 69.2 Å². The van der Waals surface area contributed by atoms with Crippen molar-refractivity contribution in [3.8, 4) is 0 Å². The van der Waals surface area contributed by atoms with E-state index in [0.29, 0.717) is 10.0 Å². The van der Waals surface area contributed by atoms with Crippen LogP contribution in [0.3, 0.4) is 0 Å². The van der Waals surface area contributed by atoms with Crippen LogP contribution in [-0.2, 0) is 17.8 Å². The minimum absolute atomic E-state index is 0.103. The molecule has 1 aliphatic carbocycles. The first kappa shape index (κ1) is 19.8. The second-order valence-corrected chi connectivity index (χ2v) is 8.78. The van der Waals surface area contributed by atoms with Crippen molar-refractivity contribution in [2.24, 2.45) is 5.92 Å². The highest BCUT2D eigenvalue weighted by molar-refractivity contribution is 6.35. The lowest BCUT2D eigenvalue weighted by Gasteiger charge is -2.33. The van der Waals surface area contributed by atoms with Gasteiger partial charge < -0.3 is 5.32 Å². The number of rotatable bonds is 4. The van der Waals surface area contributed by atoms with Crippen LogP contribution in [0.25, 0.3) is 0 Å². The van der Waals surface area contributed by atoms with E-state index >= 15 is 0 Å². The van der Waals surface area contributed by atoms with Crippen LogP contribution >= 0.6 is 23.2 Å². The summed E-state index contributed by atoms with van der Waals surface area (Å²) < 4.78 is 0. The van der Waals surface area contributed by atoms with E-state index in [0.717, 1.165) is 57.3 Å². The normalized spacial score (nSPS) is 20.6. The molecule has 28 heavy (non-hydrogen) atoms. The van der Waals surface area contributed by atoms with Crippen LogP contribution in [0, 0.1) is 5.92 Å². The predicted molar refractivity (Wildman–Crippen MR) is 115 cm³/mol. The van der Waals surface area contributed by atoms with Crippen LogP contribution in [0.5, 0.6) is 0 Å². The molecule has 5 heteroatoms. The average Bonchev–Trinajstić information content (AvgIpc) is 2.71. The molecule has 0 spiro atoms. The largest absolute Gasteiger partial charge is 0.349 e. The van der Waals surface area contributed by atoms with E-state index in [-0.39, 0.29) is 17.9 Å². The van der Waals surface area contributed by atoms with Gasteiger partial charge in [0.05, 0.1) is 6.04 Å². The Labute approximate surface area is 177 Å². The molecule has 1 saturated heterocycles. The summed E-state index contributed by atoms with van der Waals surface area (Å²) >= 11 is 12.3. The van der Waals surface area contributed by atoms with Gasteiger partial charge in [-0.3, -0.25) is 9.69 Å². The first-order chi connectivity index (χ1) is 13.6. The fourth-order valence-electron chi connectivity index (χ4n) is 4.44. The highest BCUT2D eigenvalue weighted by Gasteiger charge is 2.28. The summed E-state index contributed by atoms with van der Waals surface area (Å²) in [5.74, 6) is 0.317. The summed E-state index contributed by atoms with van der Waals surface area (Å²) in [6.45, 7) is 2.64. The van der Waals surface area contributed by atoms with E-state index in [9.17, 15) is 4.79 Å². The number of benzene rings is 2. The Kier molecular flexibility index (Phi) is 6.25. The quantitative estimate of drug-likeness (QED) is 0.723. The maximum Gasteiger partial charge on any atom is 0.223 e. The molecule has 4 rings (SSSR count). The van der Waals surface area contributed by atoms with Crippen LogP contribution in [0.2, 0.25) is 10.0 Å². The van der Waals surface area contributed by atoms with Crippen LogP contribution in [0.15, 0.2) is 42.5 Å². The average molecular weight is 417 g/mol. The number of hydrogen-bond donors (Lipinski definition) is 1. The zero-order valence-corrected chi connectivity index (χ0v) is 17.5. The van der Waals surface area contributed by atoms with Gasteiger partial charge in [0.1, 0.15) is 0 Å². The molecule has 3 nitrogen and oxygen atoms in total. The molecule has 0 aromatic heterocycles. The molecule has 2 aromatic carbocycles. The lowest BCUT2D eigenvalue weighted by atomic mass is 9.87. The summed E-state index contributed by atoms with van der Waals surface area (Å²) in [5, 5.41) is 4.70. The number of piperidine rings is 1. The number of carbonyl (C=O) groups is 1. The van der Waals surface area contributed by atoms with E-state index in [1.807, 2.05) is 12.1 Å². The van der Waals surface area contributed by atoms with E-state index in [1.54, 1.807) is 6.07 Å². The molecule has 0 unspecified atom stereocenters. The zero-order chi connectivity index (χ0) is 19.5. The lowest BCUT2D eigenvalue weighted by Crippen LogP contribution is -2.41. The number of fused-ring (bicyclic) bond motifs is 1. The van der Waals surface area contributed by atoms with Gasteiger partial charge in [0, 0.05) is 22.5 Å². The van der Waals surface area contributed by atoms with Crippen molar-refractivity contribution < 1.29 is 4.79 Å². The summed E-state index contributed by atoms with van der Waals surface area (Å²) in [6, 6.07) is 14.3. The molecule has 2 aliphatic rings. The highest BCUT2D eigenvalue weighted by atomic mass is 35.5. The summed E-state index contributed by atoms with van der Waals surface area (Å²) in [5.41, 5.74) is 3.78. The first-order valence-electron chi connectivity index (χ1n) is 10.1. The Balaban J connectivity index is 1.31. The van der Waals surface area contributed by atoms with Crippen molar-refractivity contribution in [3.63, 3.8) is 0 Å². The number of carbonyl (C=O) groups excluding carboxylic acids is 1. The van der Waals surface area contributed by atoms with Gasteiger partial charge in [0.2, 0.25) is 5.91 Å². The predicted octanol–water partition coefficient (Wildman–Crippen LogP) is 5.40. The zero-order valence-electron chi connectivity index (χ0n) is 16.0. The topological polar surface area (TPSA) is 32.3 Å². The van der Waals surface area contributed by atoms with Crippen molar-refractivity contribution in [2.45, 2.75) is 44.7 Å². The molecular formula is C23H26Cl2N2O. The van der Waals surface area contributed by atoms with Crippen molar-refractivity contribution in [1.82, 2.24) is 10.2 Å². The molecule has 1 amide bonds. The molecule has 1 atom stereocenters. The molecule has 148 valence electrons. The van der Waals surface area contributed by atoms with Crippen molar-refractivity contribution in [2.75, 3.05) is 13.1 Å². The molecular weight excluding hydrogens is 391 g/mol. The van der Waals surface area contributed by atoms with Gasteiger partial charge >= 0.3 is 0 Å². The fraction of sp³-hybridized carbons (Fsp3) is 0.435. The Morgan fingerprint density at radius 2 is 1.86 bits per heavy atom. The molecule has 1 heterocycles. The minimum atomic E-state index is 0.103.